The van der Waals surface area contributed by atoms with Gasteiger partial charge in [-0.3, -0.25) is 19.2 Å². The van der Waals surface area contributed by atoms with Crippen molar-refractivity contribution in [2.45, 2.75) is 39.9 Å². The van der Waals surface area contributed by atoms with Crippen LogP contribution in [0.4, 0.5) is 10.6 Å². The molecule has 2 amide bonds. The summed E-state index contributed by atoms with van der Waals surface area (Å²) < 4.78 is 13.5. The van der Waals surface area contributed by atoms with Crippen LogP contribution < -0.4 is 31.4 Å². The van der Waals surface area contributed by atoms with Gasteiger partial charge in [0.25, 0.3) is 5.56 Å². The molecule has 0 fully saturated rings. The molecule has 1 aliphatic rings. The monoisotopic (exact) mass is 388 g/mol. The van der Waals surface area contributed by atoms with Crippen molar-refractivity contribution in [3.05, 3.63) is 50.2 Å². The van der Waals surface area contributed by atoms with Crippen LogP contribution in [-0.4, -0.2) is 28.9 Å². The quantitative estimate of drug-likeness (QED) is 0.784. The number of nitrogens with zero attached hydrogens (tertiary/aromatic N) is 2. The van der Waals surface area contributed by atoms with Crippen molar-refractivity contribution in [3.63, 3.8) is 0 Å². The fraction of sp³-hybridized carbons (Fsp3) is 0.421. The average molecular weight is 388 g/mol. The number of ether oxygens (including phenoxy) is 2. The van der Waals surface area contributed by atoms with Gasteiger partial charge in [0.05, 0.1) is 25.3 Å². The Hall–Kier alpha value is -3.23. The molecule has 9 heteroatoms. The van der Waals surface area contributed by atoms with E-state index in [1.165, 1.54) is 9.13 Å². The Bertz CT molecular complexity index is 1020. The van der Waals surface area contributed by atoms with Gasteiger partial charge in [-0.2, -0.15) is 0 Å². The number of fused-ring (bicyclic) bond motifs is 1. The molecule has 1 aromatic carbocycles. The predicted molar refractivity (Wildman–Crippen MR) is 104 cm³/mol. The highest BCUT2D eigenvalue weighted by Crippen LogP contribution is 2.34. The molecule has 1 atom stereocenters. The standard InChI is InChI=1S/C19H24N4O5/c1-5-22-16-14(17(24)23(6-2)19(22)26)15(20-18(25)21-16)11-8-9-12(27-4)13(10-11)28-7-3/h8-10,15H,5-7H2,1-4H3,(H2,20,21,25). The molecule has 1 aliphatic heterocycles. The van der Waals surface area contributed by atoms with Gasteiger partial charge >= 0.3 is 11.7 Å². The maximum Gasteiger partial charge on any atom is 0.332 e. The Kier molecular flexibility index (Phi) is 5.43. The first-order chi connectivity index (χ1) is 13.5. The normalized spacial score (nSPS) is 15.4. The van der Waals surface area contributed by atoms with E-state index in [1.54, 1.807) is 39.2 Å². The minimum Gasteiger partial charge on any atom is -0.493 e. The van der Waals surface area contributed by atoms with Crippen LogP contribution in [0.25, 0.3) is 0 Å². The maximum absolute atomic E-state index is 13.1. The Labute approximate surface area is 161 Å². The Morgan fingerprint density at radius 1 is 1.04 bits per heavy atom. The summed E-state index contributed by atoms with van der Waals surface area (Å²) in [6.45, 7) is 6.37. The molecule has 0 bridgehead atoms. The molecular weight excluding hydrogens is 364 g/mol. The number of nitrogens with one attached hydrogen (secondary N) is 2. The number of anilines is 1. The van der Waals surface area contributed by atoms with E-state index in [2.05, 4.69) is 10.6 Å². The second-order valence-electron chi connectivity index (χ2n) is 6.21. The molecule has 2 heterocycles. The zero-order valence-corrected chi connectivity index (χ0v) is 16.4. The van der Waals surface area contributed by atoms with Crippen LogP contribution in [0.2, 0.25) is 0 Å². The lowest BCUT2D eigenvalue weighted by molar-refractivity contribution is 0.248. The minimum atomic E-state index is -0.724. The first-order valence-corrected chi connectivity index (χ1v) is 9.22. The summed E-state index contributed by atoms with van der Waals surface area (Å²) in [6.07, 6.45) is 0. The SMILES string of the molecule is CCOc1cc(C2NC(=O)Nc3c2c(=O)n(CC)c(=O)n3CC)ccc1OC. The summed E-state index contributed by atoms with van der Waals surface area (Å²) in [6, 6.07) is 4.01. The molecule has 0 radical (unpaired) electrons. The van der Waals surface area contributed by atoms with E-state index in [-0.39, 0.29) is 12.4 Å². The van der Waals surface area contributed by atoms with E-state index in [1.807, 2.05) is 6.92 Å². The lowest BCUT2D eigenvalue weighted by Gasteiger charge is -2.29. The zero-order valence-electron chi connectivity index (χ0n) is 16.4. The molecule has 1 aromatic heterocycles. The van der Waals surface area contributed by atoms with Crippen molar-refractivity contribution in [2.24, 2.45) is 0 Å². The summed E-state index contributed by atoms with van der Waals surface area (Å²) in [7, 11) is 1.54. The molecule has 0 saturated carbocycles. The van der Waals surface area contributed by atoms with E-state index in [0.717, 1.165) is 0 Å². The second kappa shape index (κ2) is 7.79. The predicted octanol–water partition coefficient (Wildman–Crippen LogP) is 1.68. The van der Waals surface area contributed by atoms with E-state index >= 15 is 0 Å². The number of carbonyl (C=O) groups is 1. The van der Waals surface area contributed by atoms with E-state index in [0.29, 0.717) is 35.8 Å². The van der Waals surface area contributed by atoms with Gasteiger partial charge < -0.3 is 14.8 Å². The lowest BCUT2D eigenvalue weighted by atomic mass is 9.98. The molecule has 0 spiro atoms. The van der Waals surface area contributed by atoms with Crippen molar-refractivity contribution in [1.29, 1.82) is 0 Å². The van der Waals surface area contributed by atoms with Gasteiger partial charge in [0.15, 0.2) is 11.5 Å². The van der Waals surface area contributed by atoms with Crippen LogP contribution in [0.5, 0.6) is 11.5 Å². The highest BCUT2D eigenvalue weighted by atomic mass is 16.5. The number of benzene rings is 1. The Morgan fingerprint density at radius 2 is 1.75 bits per heavy atom. The highest BCUT2D eigenvalue weighted by molar-refractivity contribution is 5.92. The molecule has 2 aromatic rings. The van der Waals surface area contributed by atoms with Crippen molar-refractivity contribution in [1.82, 2.24) is 14.5 Å². The van der Waals surface area contributed by atoms with Crippen LogP contribution in [0.1, 0.15) is 37.9 Å². The Morgan fingerprint density at radius 3 is 2.36 bits per heavy atom. The fourth-order valence-electron chi connectivity index (χ4n) is 3.43. The lowest BCUT2D eigenvalue weighted by Crippen LogP contribution is -2.50. The topological polar surface area (TPSA) is 104 Å². The fourth-order valence-corrected chi connectivity index (χ4v) is 3.43. The van der Waals surface area contributed by atoms with Crippen LogP contribution >= 0.6 is 0 Å². The molecule has 0 aliphatic carbocycles. The van der Waals surface area contributed by atoms with Gasteiger partial charge in [-0.05, 0) is 38.5 Å². The van der Waals surface area contributed by atoms with Crippen LogP contribution in [0.3, 0.4) is 0 Å². The number of aromatic nitrogens is 2. The number of methoxy groups -OCH3 is 1. The number of urea groups is 1. The van der Waals surface area contributed by atoms with Gasteiger partial charge in [-0.15, -0.1) is 0 Å². The van der Waals surface area contributed by atoms with Crippen molar-refractivity contribution in [2.75, 3.05) is 19.0 Å². The number of rotatable bonds is 6. The third-order valence-corrected chi connectivity index (χ3v) is 4.71. The molecule has 0 saturated heterocycles. The summed E-state index contributed by atoms with van der Waals surface area (Å²) in [5.74, 6) is 1.29. The Balaban J connectivity index is 2.27. The van der Waals surface area contributed by atoms with Gasteiger partial charge in [0, 0.05) is 13.1 Å². The van der Waals surface area contributed by atoms with Gasteiger partial charge in [-0.1, -0.05) is 6.07 Å². The molecule has 2 N–H and O–H groups in total. The first kappa shape index (κ1) is 19.5. The molecule has 3 rings (SSSR count). The number of hydrogen-bond donors (Lipinski definition) is 2. The molecule has 150 valence electrons. The van der Waals surface area contributed by atoms with Gasteiger partial charge in [0.1, 0.15) is 5.82 Å². The van der Waals surface area contributed by atoms with Crippen LogP contribution in [-0.2, 0) is 13.1 Å². The smallest absolute Gasteiger partial charge is 0.332 e. The third kappa shape index (κ3) is 3.12. The number of amides is 2. The molecule has 9 nitrogen and oxygen atoms in total. The summed E-state index contributed by atoms with van der Waals surface area (Å²) in [5, 5.41) is 5.40. The third-order valence-electron chi connectivity index (χ3n) is 4.71. The maximum atomic E-state index is 13.1. The molecule has 28 heavy (non-hydrogen) atoms. The van der Waals surface area contributed by atoms with Crippen molar-refractivity contribution >= 4 is 11.8 Å². The zero-order chi connectivity index (χ0) is 20.4. The van der Waals surface area contributed by atoms with E-state index < -0.39 is 23.3 Å². The van der Waals surface area contributed by atoms with E-state index in [9.17, 15) is 14.4 Å². The van der Waals surface area contributed by atoms with Gasteiger partial charge in [-0.25, -0.2) is 9.59 Å². The first-order valence-electron chi connectivity index (χ1n) is 9.22. The second-order valence-corrected chi connectivity index (χ2v) is 6.21. The molecule has 1 unspecified atom stereocenters. The number of carbonyl (C=O) groups excluding carboxylic acids is 1. The number of hydrogen-bond acceptors (Lipinski definition) is 5. The summed E-state index contributed by atoms with van der Waals surface area (Å²) >= 11 is 0. The highest BCUT2D eigenvalue weighted by Gasteiger charge is 2.33. The van der Waals surface area contributed by atoms with E-state index in [4.69, 9.17) is 9.47 Å². The summed E-state index contributed by atoms with van der Waals surface area (Å²) in [4.78, 5) is 38.0. The van der Waals surface area contributed by atoms with Crippen molar-refractivity contribution in [3.8, 4) is 11.5 Å². The summed E-state index contributed by atoms with van der Waals surface area (Å²) in [5.41, 5.74) is 0.0924. The van der Waals surface area contributed by atoms with Crippen LogP contribution in [0, 0.1) is 0 Å². The average Bonchev–Trinajstić information content (AvgIpc) is 2.68. The minimum absolute atomic E-state index is 0.227. The van der Waals surface area contributed by atoms with Crippen molar-refractivity contribution < 1.29 is 14.3 Å². The van der Waals surface area contributed by atoms with Gasteiger partial charge in [0.2, 0.25) is 0 Å². The largest absolute Gasteiger partial charge is 0.493 e. The van der Waals surface area contributed by atoms with Crippen LogP contribution in [0.15, 0.2) is 27.8 Å². The molecular formula is C19H24N4O5.